The van der Waals surface area contributed by atoms with Crippen molar-refractivity contribution in [3.8, 4) is 0 Å². The fraction of sp³-hybridized carbons (Fsp3) is 0.875. The lowest BCUT2D eigenvalue weighted by atomic mass is 10.1. The summed E-state index contributed by atoms with van der Waals surface area (Å²) in [6.45, 7) is 2.67. The number of aliphatic hydroxyl groups excluding tert-OH is 1. The van der Waals surface area contributed by atoms with Crippen molar-refractivity contribution in [2.75, 3.05) is 20.2 Å². The normalized spacial score (nSPS) is 19.5. The molecule has 1 saturated carbocycles. The second kappa shape index (κ2) is 2.81. The van der Waals surface area contributed by atoms with E-state index in [0.717, 1.165) is 19.4 Å². The third-order valence-corrected chi connectivity index (χ3v) is 2.43. The fourth-order valence-corrected chi connectivity index (χ4v) is 1.14. The molecule has 1 aliphatic carbocycles. The summed E-state index contributed by atoms with van der Waals surface area (Å²) in [5.74, 6) is 0.0995. The van der Waals surface area contributed by atoms with E-state index in [1.165, 1.54) is 0 Å². The van der Waals surface area contributed by atoms with Gasteiger partial charge in [-0.2, -0.15) is 0 Å². The number of hydrogen-bond acceptors (Lipinski definition) is 2. The zero-order valence-corrected chi connectivity index (χ0v) is 7.13. The lowest BCUT2D eigenvalue weighted by Gasteiger charge is -2.20. The summed E-state index contributed by atoms with van der Waals surface area (Å²) < 4.78 is 0. The van der Waals surface area contributed by atoms with Crippen LogP contribution in [0.4, 0.5) is 0 Å². The van der Waals surface area contributed by atoms with Crippen LogP contribution >= 0.6 is 0 Å². The van der Waals surface area contributed by atoms with Gasteiger partial charge in [-0.15, -0.1) is 0 Å². The summed E-state index contributed by atoms with van der Waals surface area (Å²) in [6.07, 6.45) is 1.71. The molecule has 0 unspecified atom stereocenters. The van der Waals surface area contributed by atoms with E-state index >= 15 is 0 Å². The third-order valence-electron chi connectivity index (χ3n) is 2.43. The Kier molecular flexibility index (Phi) is 2.18. The first-order valence-corrected chi connectivity index (χ1v) is 4.03. The number of nitrogens with zero attached hydrogens (tertiary/aromatic N) is 1. The Hall–Kier alpha value is -0.570. The highest BCUT2D eigenvalue weighted by molar-refractivity contribution is 5.85. The van der Waals surface area contributed by atoms with Crippen molar-refractivity contribution in [2.45, 2.75) is 19.8 Å². The summed E-state index contributed by atoms with van der Waals surface area (Å²) in [4.78, 5) is 13.1. The van der Waals surface area contributed by atoms with Crippen LogP contribution in [-0.4, -0.2) is 36.1 Å². The minimum atomic E-state index is -0.384. The van der Waals surface area contributed by atoms with Crippen LogP contribution in [0.2, 0.25) is 0 Å². The minimum absolute atomic E-state index is 0.0101. The SMILES string of the molecule is CCN(C)C(=O)C1(CO)CC1. The van der Waals surface area contributed by atoms with Crippen molar-refractivity contribution in [2.24, 2.45) is 5.41 Å². The van der Waals surface area contributed by atoms with E-state index in [-0.39, 0.29) is 17.9 Å². The van der Waals surface area contributed by atoms with Gasteiger partial charge in [0.15, 0.2) is 0 Å². The molecule has 0 aromatic heterocycles. The van der Waals surface area contributed by atoms with E-state index in [0.29, 0.717) is 0 Å². The van der Waals surface area contributed by atoms with Crippen LogP contribution < -0.4 is 0 Å². The number of carbonyl (C=O) groups excluding carboxylic acids is 1. The Morgan fingerprint density at radius 2 is 2.18 bits per heavy atom. The van der Waals surface area contributed by atoms with Gasteiger partial charge in [0.2, 0.25) is 5.91 Å². The Bertz CT molecular complexity index is 163. The first-order valence-electron chi connectivity index (χ1n) is 4.03. The van der Waals surface area contributed by atoms with Crippen LogP contribution in [0.3, 0.4) is 0 Å². The molecule has 64 valence electrons. The van der Waals surface area contributed by atoms with Gasteiger partial charge in [0.25, 0.3) is 0 Å². The predicted molar refractivity (Wildman–Crippen MR) is 42.1 cm³/mol. The van der Waals surface area contributed by atoms with Crippen molar-refractivity contribution in [3.63, 3.8) is 0 Å². The first kappa shape index (κ1) is 8.53. The monoisotopic (exact) mass is 157 g/mol. The quantitative estimate of drug-likeness (QED) is 0.637. The molecule has 0 heterocycles. The topological polar surface area (TPSA) is 40.5 Å². The highest BCUT2D eigenvalue weighted by Gasteiger charge is 2.50. The van der Waals surface area contributed by atoms with Gasteiger partial charge in [-0.3, -0.25) is 4.79 Å². The lowest BCUT2D eigenvalue weighted by Crippen LogP contribution is -2.35. The van der Waals surface area contributed by atoms with Crippen molar-refractivity contribution >= 4 is 5.91 Å². The largest absolute Gasteiger partial charge is 0.395 e. The maximum absolute atomic E-state index is 11.5. The van der Waals surface area contributed by atoms with Crippen molar-refractivity contribution in [1.29, 1.82) is 0 Å². The van der Waals surface area contributed by atoms with Gasteiger partial charge in [0, 0.05) is 13.6 Å². The van der Waals surface area contributed by atoms with Crippen LogP contribution in [0, 0.1) is 5.41 Å². The Balaban J connectivity index is 2.53. The van der Waals surface area contributed by atoms with Crippen LogP contribution in [0.5, 0.6) is 0 Å². The highest BCUT2D eigenvalue weighted by Crippen LogP contribution is 2.46. The van der Waals surface area contributed by atoms with Gasteiger partial charge in [-0.1, -0.05) is 0 Å². The van der Waals surface area contributed by atoms with E-state index in [2.05, 4.69) is 0 Å². The van der Waals surface area contributed by atoms with Crippen molar-refractivity contribution in [3.05, 3.63) is 0 Å². The molecule has 0 aromatic carbocycles. The fourth-order valence-electron chi connectivity index (χ4n) is 1.14. The number of amides is 1. The average molecular weight is 157 g/mol. The van der Waals surface area contributed by atoms with Crippen LogP contribution in [0.1, 0.15) is 19.8 Å². The lowest BCUT2D eigenvalue weighted by molar-refractivity contribution is -0.136. The molecule has 11 heavy (non-hydrogen) atoms. The molecule has 1 amide bonds. The maximum Gasteiger partial charge on any atom is 0.230 e. The van der Waals surface area contributed by atoms with Gasteiger partial charge < -0.3 is 10.0 Å². The average Bonchev–Trinajstić information content (AvgIpc) is 2.82. The van der Waals surface area contributed by atoms with Crippen LogP contribution in [-0.2, 0) is 4.79 Å². The molecule has 0 radical (unpaired) electrons. The Morgan fingerprint density at radius 1 is 1.64 bits per heavy atom. The van der Waals surface area contributed by atoms with Crippen LogP contribution in [0.15, 0.2) is 0 Å². The molecule has 1 aliphatic rings. The molecular formula is C8H15NO2. The molecule has 1 fully saturated rings. The minimum Gasteiger partial charge on any atom is -0.395 e. The Morgan fingerprint density at radius 3 is 2.45 bits per heavy atom. The van der Waals surface area contributed by atoms with E-state index < -0.39 is 0 Å². The van der Waals surface area contributed by atoms with E-state index in [9.17, 15) is 4.79 Å². The van der Waals surface area contributed by atoms with E-state index in [4.69, 9.17) is 5.11 Å². The standard InChI is InChI=1S/C8H15NO2/c1-3-9(2)7(11)8(6-10)4-5-8/h10H,3-6H2,1-2H3. The van der Waals surface area contributed by atoms with Gasteiger partial charge in [-0.05, 0) is 19.8 Å². The van der Waals surface area contributed by atoms with E-state index in [1.807, 2.05) is 6.92 Å². The number of aliphatic hydroxyl groups is 1. The summed E-state index contributed by atoms with van der Waals surface area (Å²) in [6, 6.07) is 0. The molecule has 0 saturated heterocycles. The second-order valence-electron chi connectivity index (χ2n) is 3.26. The molecule has 0 aromatic rings. The second-order valence-corrected chi connectivity index (χ2v) is 3.26. The van der Waals surface area contributed by atoms with Gasteiger partial charge >= 0.3 is 0 Å². The van der Waals surface area contributed by atoms with Crippen molar-refractivity contribution in [1.82, 2.24) is 4.90 Å². The maximum atomic E-state index is 11.5. The Labute approximate surface area is 67.0 Å². The predicted octanol–water partition coefficient (Wildman–Crippen LogP) is 0.237. The molecule has 0 atom stereocenters. The zero-order valence-electron chi connectivity index (χ0n) is 7.13. The molecule has 1 N–H and O–H groups in total. The summed E-state index contributed by atoms with van der Waals surface area (Å²) in [5, 5.41) is 8.92. The summed E-state index contributed by atoms with van der Waals surface area (Å²) >= 11 is 0. The van der Waals surface area contributed by atoms with Gasteiger partial charge in [-0.25, -0.2) is 0 Å². The molecule has 0 spiro atoms. The number of rotatable bonds is 3. The molecule has 0 aliphatic heterocycles. The molecule has 0 bridgehead atoms. The highest BCUT2D eigenvalue weighted by atomic mass is 16.3. The molecule has 3 nitrogen and oxygen atoms in total. The van der Waals surface area contributed by atoms with Gasteiger partial charge in [0.1, 0.15) is 0 Å². The number of hydrogen-bond donors (Lipinski definition) is 1. The molecule has 1 rings (SSSR count). The summed E-state index contributed by atoms with van der Waals surface area (Å²) in [7, 11) is 1.78. The third kappa shape index (κ3) is 1.38. The zero-order chi connectivity index (χ0) is 8.48. The molecular weight excluding hydrogens is 142 g/mol. The van der Waals surface area contributed by atoms with Crippen molar-refractivity contribution < 1.29 is 9.90 Å². The number of carbonyl (C=O) groups is 1. The smallest absolute Gasteiger partial charge is 0.230 e. The first-order chi connectivity index (χ1) is 5.16. The summed E-state index contributed by atoms with van der Waals surface area (Å²) in [5.41, 5.74) is -0.384. The van der Waals surface area contributed by atoms with Gasteiger partial charge in [0.05, 0.1) is 12.0 Å². The van der Waals surface area contributed by atoms with Crippen LogP contribution in [0.25, 0.3) is 0 Å². The van der Waals surface area contributed by atoms with E-state index in [1.54, 1.807) is 11.9 Å². The molecule has 3 heteroatoms.